The first-order chi connectivity index (χ1) is 28.3. The molecule has 9 aromatic carbocycles. The molecule has 3 heterocycles. The molecule has 0 spiro atoms. The van der Waals surface area contributed by atoms with Gasteiger partial charge < -0.3 is 13.7 Å². The number of hydrogen-bond acceptors (Lipinski definition) is 0. The highest BCUT2D eigenvalue weighted by atomic mass is 15.0. The summed E-state index contributed by atoms with van der Waals surface area (Å²) in [6.07, 6.45) is 0. The van der Waals surface area contributed by atoms with E-state index in [9.17, 15) is 0 Å². The molecule has 266 valence electrons. The van der Waals surface area contributed by atoms with Crippen molar-refractivity contribution in [1.82, 2.24) is 13.7 Å². The molecule has 0 atom stereocenters. The van der Waals surface area contributed by atoms with Gasteiger partial charge in [-0.05, 0) is 83.4 Å². The molecule has 0 bridgehead atoms. The first-order valence-electron chi connectivity index (χ1n) is 19.6. The fourth-order valence-electron chi connectivity index (χ4n) is 9.34. The van der Waals surface area contributed by atoms with Crippen LogP contribution in [0.2, 0.25) is 0 Å². The van der Waals surface area contributed by atoms with Gasteiger partial charge in [-0.25, -0.2) is 0 Å². The van der Waals surface area contributed by atoms with Crippen molar-refractivity contribution in [3.8, 4) is 39.3 Å². The topological polar surface area (TPSA) is 14.8 Å². The maximum absolute atomic E-state index is 2.44. The van der Waals surface area contributed by atoms with Gasteiger partial charge in [0.1, 0.15) is 0 Å². The zero-order valence-electron chi connectivity index (χ0n) is 31.0. The second-order valence-corrected chi connectivity index (χ2v) is 14.9. The van der Waals surface area contributed by atoms with Gasteiger partial charge in [-0.1, -0.05) is 146 Å². The van der Waals surface area contributed by atoms with Gasteiger partial charge >= 0.3 is 0 Å². The summed E-state index contributed by atoms with van der Waals surface area (Å²) in [6, 6.07) is 77.4. The molecule has 0 aliphatic rings. The Morgan fingerprint density at radius 1 is 0.228 bits per heavy atom. The highest BCUT2D eigenvalue weighted by Crippen LogP contribution is 2.41. The number of benzene rings is 9. The molecular weight excluding hydrogens is 691 g/mol. The summed E-state index contributed by atoms with van der Waals surface area (Å²) < 4.78 is 7.30. The van der Waals surface area contributed by atoms with Gasteiger partial charge in [0.2, 0.25) is 0 Å². The van der Waals surface area contributed by atoms with Crippen LogP contribution in [0.1, 0.15) is 0 Å². The van der Waals surface area contributed by atoms with Crippen molar-refractivity contribution >= 4 is 65.4 Å². The third-order valence-electron chi connectivity index (χ3n) is 11.8. The van der Waals surface area contributed by atoms with Gasteiger partial charge in [-0.15, -0.1) is 0 Å². The van der Waals surface area contributed by atoms with E-state index in [2.05, 4.69) is 226 Å². The number of fused-ring (bicyclic) bond motifs is 9. The number of hydrogen-bond donors (Lipinski definition) is 0. The summed E-state index contributed by atoms with van der Waals surface area (Å²) in [7, 11) is 0. The Morgan fingerprint density at radius 3 is 1.40 bits per heavy atom. The average Bonchev–Trinajstić information content (AvgIpc) is 3.92. The van der Waals surface area contributed by atoms with E-state index in [1.807, 2.05) is 0 Å². The molecular formula is C54H35N3. The zero-order chi connectivity index (χ0) is 37.5. The lowest BCUT2D eigenvalue weighted by molar-refractivity contribution is 1.15. The molecule has 0 amide bonds. The monoisotopic (exact) mass is 725 g/mol. The Labute approximate surface area is 329 Å². The van der Waals surface area contributed by atoms with Crippen molar-refractivity contribution in [2.45, 2.75) is 0 Å². The lowest BCUT2D eigenvalue weighted by Crippen LogP contribution is -1.98. The molecule has 0 saturated heterocycles. The van der Waals surface area contributed by atoms with Crippen LogP contribution in [-0.2, 0) is 0 Å². The molecule has 3 heteroatoms. The lowest BCUT2D eigenvalue weighted by Gasteiger charge is -2.15. The summed E-state index contributed by atoms with van der Waals surface area (Å²) in [4.78, 5) is 0. The minimum absolute atomic E-state index is 1.13. The lowest BCUT2D eigenvalue weighted by atomic mass is 10.0. The molecule has 3 nitrogen and oxygen atoms in total. The molecule has 0 aliphatic heterocycles. The maximum atomic E-state index is 2.44. The molecule has 12 rings (SSSR count). The van der Waals surface area contributed by atoms with Crippen molar-refractivity contribution in [3.63, 3.8) is 0 Å². The maximum Gasteiger partial charge on any atom is 0.0561 e. The Morgan fingerprint density at radius 2 is 0.719 bits per heavy atom. The molecule has 0 aliphatic carbocycles. The summed E-state index contributed by atoms with van der Waals surface area (Å²) in [5.41, 5.74) is 15.4. The standard InChI is InChI=1S/C54H35N3/c1-2-15-36(16-3-1)37-17-14-18-39(33-37)56-49-25-10-5-22-44(49)46-31-30-40(35-54(46)56)55-50-26-11-8-23-45(50)47-34-38(29-32-53(47)55)41-19-4-9-24-48(41)57-51-27-12-6-20-42(51)43-21-7-13-28-52(43)57/h1-35H. The molecule has 0 unspecified atom stereocenters. The van der Waals surface area contributed by atoms with Gasteiger partial charge in [-0.3, -0.25) is 0 Å². The van der Waals surface area contributed by atoms with E-state index < -0.39 is 0 Å². The van der Waals surface area contributed by atoms with Gasteiger partial charge in [-0.2, -0.15) is 0 Å². The first-order valence-corrected chi connectivity index (χ1v) is 19.6. The van der Waals surface area contributed by atoms with Gasteiger partial charge in [0.05, 0.1) is 38.8 Å². The Bertz CT molecular complexity index is 3470. The van der Waals surface area contributed by atoms with Crippen molar-refractivity contribution < 1.29 is 0 Å². The molecule has 0 saturated carbocycles. The number of rotatable bonds is 5. The summed E-state index contributed by atoms with van der Waals surface area (Å²) in [5, 5.41) is 7.49. The Hall–Kier alpha value is -7.62. The van der Waals surface area contributed by atoms with Gasteiger partial charge in [0.15, 0.2) is 0 Å². The third-order valence-corrected chi connectivity index (χ3v) is 11.8. The first kappa shape index (κ1) is 31.7. The number of para-hydroxylation sites is 5. The predicted molar refractivity (Wildman–Crippen MR) is 240 cm³/mol. The van der Waals surface area contributed by atoms with Crippen LogP contribution in [0.4, 0.5) is 0 Å². The number of nitrogens with zero attached hydrogens (tertiary/aromatic N) is 3. The summed E-state index contributed by atoms with van der Waals surface area (Å²) >= 11 is 0. The van der Waals surface area contributed by atoms with E-state index in [0.29, 0.717) is 0 Å². The van der Waals surface area contributed by atoms with Crippen LogP contribution in [0.15, 0.2) is 212 Å². The number of aromatic nitrogens is 3. The fraction of sp³-hybridized carbons (Fsp3) is 0. The fourth-order valence-corrected chi connectivity index (χ4v) is 9.34. The molecule has 12 aromatic rings. The van der Waals surface area contributed by atoms with Crippen molar-refractivity contribution in [2.75, 3.05) is 0 Å². The Balaban J connectivity index is 1.06. The smallest absolute Gasteiger partial charge is 0.0561 e. The SMILES string of the molecule is c1ccc(-c2cccc(-n3c4ccccc4c4ccc(-n5c6ccccc6c6cc(-c7ccccc7-n7c8ccccc8c8ccccc87)ccc65)cc43)c2)cc1. The van der Waals surface area contributed by atoms with E-state index >= 15 is 0 Å². The normalized spacial score (nSPS) is 11.9. The van der Waals surface area contributed by atoms with Crippen molar-refractivity contribution in [2.24, 2.45) is 0 Å². The van der Waals surface area contributed by atoms with Crippen molar-refractivity contribution in [3.05, 3.63) is 212 Å². The van der Waals surface area contributed by atoms with Gasteiger partial charge in [0.25, 0.3) is 0 Å². The second-order valence-electron chi connectivity index (χ2n) is 14.9. The average molecular weight is 726 g/mol. The predicted octanol–water partition coefficient (Wildman–Crippen LogP) is 14.3. The molecule has 0 fully saturated rings. The van der Waals surface area contributed by atoms with Crippen LogP contribution in [-0.4, -0.2) is 13.7 Å². The van der Waals surface area contributed by atoms with Crippen LogP contribution in [0, 0.1) is 0 Å². The quantitative estimate of drug-likeness (QED) is 0.168. The van der Waals surface area contributed by atoms with Crippen molar-refractivity contribution in [1.29, 1.82) is 0 Å². The molecule has 57 heavy (non-hydrogen) atoms. The van der Waals surface area contributed by atoms with E-state index in [4.69, 9.17) is 0 Å². The highest BCUT2D eigenvalue weighted by Gasteiger charge is 2.19. The largest absolute Gasteiger partial charge is 0.309 e. The van der Waals surface area contributed by atoms with E-state index in [1.54, 1.807) is 0 Å². The third kappa shape index (κ3) is 4.79. The van der Waals surface area contributed by atoms with Crippen LogP contribution < -0.4 is 0 Å². The van der Waals surface area contributed by atoms with Crippen LogP contribution in [0.3, 0.4) is 0 Å². The second kappa shape index (κ2) is 12.5. The minimum atomic E-state index is 1.13. The summed E-state index contributed by atoms with van der Waals surface area (Å²) in [6.45, 7) is 0. The van der Waals surface area contributed by atoms with E-state index in [0.717, 1.165) is 11.4 Å². The zero-order valence-corrected chi connectivity index (χ0v) is 31.0. The molecule has 0 radical (unpaired) electrons. The van der Waals surface area contributed by atoms with Gasteiger partial charge in [0, 0.05) is 49.3 Å². The van der Waals surface area contributed by atoms with E-state index in [1.165, 1.54) is 93.4 Å². The minimum Gasteiger partial charge on any atom is -0.309 e. The summed E-state index contributed by atoms with van der Waals surface area (Å²) in [5.74, 6) is 0. The molecule has 0 N–H and O–H groups in total. The van der Waals surface area contributed by atoms with E-state index in [-0.39, 0.29) is 0 Å². The Kier molecular flexibility index (Phi) is 6.93. The van der Waals surface area contributed by atoms with Crippen LogP contribution in [0.25, 0.3) is 105 Å². The molecule has 3 aromatic heterocycles. The highest BCUT2D eigenvalue weighted by molar-refractivity contribution is 6.13. The van der Waals surface area contributed by atoms with Crippen LogP contribution >= 0.6 is 0 Å². The van der Waals surface area contributed by atoms with Crippen LogP contribution in [0.5, 0.6) is 0 Å².